The van der Waals surface area contributed by atoms with Gasteiger partial charge in [0.25, 0.3) is 5.91 Å². The molecule has 0 fully saturated rings. The van der Waals surface area contributed by atoms with E-state index in [0.29, 0.717) is 15.8 Å². The Balaban J connectivity index is 2.25. The fourth-order valence-electron chi connectivity index (χ4n) is 1.46. The molecule has 0 saturated carbocycles. The minimum atomic E-state index is -0.612. The molecule has 2 rings (SSSR count). The lowest BCUT2D eigenvalue weighted by atomic mass is 10.2. The van der Waals surface area contributed by atoms with Crippen LogP contribution in [0.5, 0.6) is 0 Å². The quantitative estimate of drug-likeness (QED) is 0.685. The summed E-state index contributed by atoms with van der Waals surface area (Å²) in [5, 5.41) is 12.1. The highest BCUT2D eigenvalue weighted by atomic mass is 35.5. The van der Waals surface area contributed by atoms with Crippen molar-refractivity contribution in [1.82, 2.24) is 0 Å². The molecule has 0 spiro atoms. The van der Waals surface area contributed by atoms with E-state index < -0.39 is 5.91 Å². The van der Waals surface area contributed by atoms with Crippen LogP contribution in [0.2, 0.25) is 10.0 Å². The Morgan fingerprint density at radius 1 is 1.25 bits per heavy atom. The van der Waals surface area contributed by atoms with Crippen LogP contribution in [0.15, 0.2) is 46.6 Å². The van der Waals surface area contributed by atoms with E-state index >= 15 is 0 Å². The topological polar surface area (TPSA) is 66.0 Å². The van der Waals surface area contributed by atoms with E-state index in [2.05, 4.69) is 5.32 Å². The molecule has 0 saturated heterocycles. The molecule has 0 unspecified atom stereocenters. The second-order valence-corrected chi connectivity index (χ2v) is 4.55. The number of rotatable bonds is 3. The number of nitrogens with one attached hydrogen (secondary N) is 1. The van der Waals surface area contributed by atoms with Crippen LogP contribution in [-0.2, 0) is 4.79 Å². The Morgan fingerprint density at radius 2 is 1.95 bits per heavy atom. The van der Waals surface area contributed by atoms with E-state index in [4.69, 9.17) is 32.9 Å². The van der Waals surface area contributed by atoms with Gasteiger partial charge in [0, 0.05) is 6.08 Å². The van der Waals surface area contributed by atoms with Crippen LogP contribution in [0.1, 0.15) is 5.76 Å². The van der Waals surface area contributed by atoms with Crippen molar-refractivity contribution >= 4 is 40.9 Å². The highest BCUT2D eigenvalue weighted by Crippen LogP contribution is 2.30. The summed E-state index contributed by atoms with van der Waals surface area (Å²) < 4.78 is 5.05. The molecule has 0 aliphatic carbocycles. The summed E-state index contributed by atoms with van der Waals surface area (Å²) in [4.78, 5) is 12.0. The number of hydrogen-bond acceptors (Lipinski definition) is 3. The average Bonchev–Trinajstić information content (AvgIpc) is 2.93. The second-order valence-electron chi connectivity index (χ2n) is 3.74. The van der Waals surface area contributed by atoms with Crippen molar-refractivity contribution in [1.29, 1.82) is 5.26 Å². The van der Waals surface area contributed by atoms with Gasteiger partial charge in [-0.2, -0.15) is 5.26 Å². The van der Waals surface area contributed by atoms with Gasteiger partial charge < -0.3 is 9.73 Å². The number of halogens is 2. The molecule has 6 heteroatoms. The zero-order valence-electron chi connectivity index (χ0n) is 10.1. The number of anilines is 1. The van der Waals surface area contributed by atoms with Crippen molar-refractivity contribution in [3.05, 3.63) is 58.0 Å². The Hall–Kier alpha value is -2.22. The van der Waals surface area contributed by atoms with Crippen LogP contribution in [0, 0.1) is 11.3 Å². The fraction of sp³-hybridized carbons (Fsp3) is 0. The van der Waals surface area contributed by atoms with Gasteiger partial charge in [0.15, 0.2) is 0 Å². The number of nitrogens with zero attached hydrogens (tertiary/aromatic N) is 1. The van der Waals surface area contributed by atoms with E-state index in [-0.39, 0.29) is 11.3 Å². The van der Waals surface area contributed by atoms with E-state index in [0.717, 1.165) is 0 Å². The number of furan rings is 1. The third-order valence-electron chi connectivity index (χ3n) is 2.40. The molecule has 1 amide bonds. The summed E-state index contributed by atoms with van der Waals surface area (Å²) in [6, 6.07) is 9.92. The lowest BCUT2D eigenvalue weighted by Gasteiger charge is -2.08. The third kappa shape index (κ3) is 3.21. The highest BCUT2D eigenvalue weighted by Gasteiger charge is 2.14. The first-order valence-corrected chi connectivity index (χ1v) is 6.28. The minimum absolute atomic E-state index is 0.115. The molecule has 0 aliphatic rings. The van der Waals surface area contributed by atoms with Crippen molar-refractivity contribution in [2.24, 2.45) is 0 Å². The van der Waals surface area contributed by atoms with Gasteiger partial charge in [0.05, 0.1) is 22.0 Å². The molecule has 0 radical (unpaired) electrons. The van der Waals surface area contributed by atoms with Gasteiger partial charge in [-0.25, -0.2) is 0 Å². The number of nitriles is 1. The fourth-order valence-corrected chi connectivity index (χ4v) is 1.95. The molecular weight excluding hydrogens is 299 g/mol. The van der Waals surface area contributed by atoms with Crippen LogP contribution < -0.4 is 5.32 Å². The molecule has 100 valence electrons. The average molecular weight is 307 g/mol. The van der Waals surface area contributed by atoms with E-state index in [1.807, 2.05) is 0 Å². The van der Waals surface area contributed by atoms with E-state index in [1.165, 1.54) is 12.3 Å². The van der Waals surface area contributed by atoms with Crippen LogP contribution in [0.3, 0.4) is 0 Å². The van der Waals surface area contributed by atoms with Crippen molar-refractivity contribution < 1.29 is 9.21 Å². The van der Waals surface area contributed by atoms with Crippen LogP contribution >= 0.6 is 23.2 Å². The predicted octanol–water partition coefficient (Wildman–Crippen LogP) is 4.13. The Morgan fingerprint density at radius 3 is 2.50 bits per heavy atom. The SMILES string of the molecule is N#C/C(=C\c1ccco1)C(=O)Nc1c(Cl)cccc1Cl. The van der Waals surface area contributed by atoms with Crippen molar-refractivity contribution in [3.63, 3.8) is 0 Å². The lowest BCUT2D eigenvalue weighted by molar-refractivity contribution is -0.112. The van der Waals surface area contributed by atoms with Crippen LogP contribution in [0.4, 0.5) is 5.69 Å². The normalized spacial score (nSPS) is 10.9. The zero-order chi connectivity index (χ0) is 14.5. The zero-order valence-corrected chi connectivity index (χ0v) is 11.6. The summed E-state index contributed by atoms with van der Waals surface area (Å²) in [5.74, 6) is -0.208. The molecule has 1 aromatic carbocycles. The summed E-state index contributed by atoms with van der Waals surface area (Å²) in [6.45, 7) is 0. The molecule has 0 atom stereocenters. The molecule has 4 nitrogen and oxygen atoms in total. The monoisotopic (exact) mass is 306 g/mol. The van der Waals surface area contributed by atoms with Gasteiger partial charge in [-0.3, -0.25) is 4.79 Å². The van der Waals surface area contributed by atoms with Crippen molar-refractivity contribution in [3.8, 4) is 6.07 Å². The number of hydrogen-bond donors (Lipinski definition) is 1. The third-order valence-corrected chi connectivity index (χ3v) is 3.03. The summed E-state index contributed by atoms with van der Waals surface area (Å²) >= 11 is 11.9. The lowest BCUT2D eigenvalue weighted by Crippen LogP contribution is -2.14. The maximum absolute atomic E-state index is 12.0. The highest BCUT2D eigenvalue weighted by molar-refractivity contribution is 6.40. The molecule has 0 bridgehead atoms. The summed E-state index contributed by atoms with van der Waals surface area (Å²) in [7, 11) is 0. The van der Waals surface area contributed by atoms with Crippen molar-refractivity contribution in [2.75, 3.05) is 5.32 Å². The number of carbonyl (C=O) groups excluding carboxylic acids is 1. The maximum atomic E-state index is 12.0. The molecular formula is C14H8Cl2N2O2. The number of benzene rings is 1. The standard InChI is InChI=1S/C14H8Cl2N2O2/c15-11-4-1-5-12(16)13(11)18-14(19)9(8-17)7-10-3-2-6-20-10/h1-7H,(H,18,19)/b9-7+. The van der Waals surface area contributed by atoms with Crippen LogP contribution in [0.25, 0.3) is 6.08 Å². The largest absolute Gasteiger partial charge is 0.465 e. The van der Waals surface area contributed by atoms with E-state index in [9.17, 15) is 4.79 Å². The first kappa shape index (κ1) is 14.2. The Labute approximate surface area is 125 Å². The van der Waals surface area contributed by atoms with Gasteiger partial charge in [-0.1, -0.05) is 29.3 Å². The molecule has 1 N–H and O–H groups in total. The van der Waals surface area contributed by atoms with Gasteiger partial charge in [-0.05, 0) is 24.3 Å². The summed E-state index contributed by atoms with van der Waals surface area (Å²) in [6.07, 6.45) is 2.78. The number of para-hydroxylation sites is 1. The number of amides is 1. The van der Waals surface area contributed by atoms with Crippen molar-refractivity contribution in [2.45, 2.75) is 0 Å². The molecule has 1 heterocycles. The van der Waals surface area contributed by atoms with Gasteiger partial charge >= 0.3 is 0 Å². The van der Waals surface area contributed by atoms with Gasteiger partial charge in [0.1, 0.15) is 17.4 Å². The molecule has 20 heavy (non-hydrogen) atoms. The Bertz CT molecular complexity index is 680. The smallest absolute Gasteiger partial charge is 0.266 e. The molecule has 1 aromatic heterocycles. The van der Waals surface area contributed by atoms with E-state index in [1.54, 1.807) is 36.4 Å². The maximum Gasteiger partial charge on any atom is 0.266 e. The minimum Gasteiger partial charge on any atom is -0.465 e. The second kappa shape index (κ2) is 6.29. The first-order valence-electron chi connectivity index (χ1n) is 5.52. The number of carbonyl (C=O) groups is 1. The predicted molar refractivity (Wildman–Crippen MR) is 77.4 cm³/mol. The first-order chi connectivity index (χ1) is 9.61. The van der Waals surface area contributed by atoms with Crippen LogP contribution in [-0.4, -0.2) is 5.91 Å². The molecule has 0 aliphatic heterocycles. The van der Waals surface area contributed by atoms with Gasteiger partial charge in [0.2, 0.25) is 0 Å². The van der Waals surface area contributed by atoms with Gasteiger partial charge in [-0.15, -0.1) is 0 Å². The molecule has 2 aromatic rings. The summed E-state index contributed by atoms with van der Waals surface area (Å²) in [5.41, 5.74) is 0.150. The Kier molecular flexibility index (Phi) is 4.46.